The van der Waals surface area contributed by atoms with Gasteiger partial charge in [-0.25, -0.2) is 0 Å². The maximum Gasteiger partial charge on any atom is 0.138 e. The minimum atomic E-state index is 0.461. The summed E-state index contributed by atoms with van der Waals surface area (Å²) >= 11 is 5.11. The van der Waals surface area contributed by atoms with Crippen LogP contribution in [0.2, 0.25) is 0 Å². The van der Waals surface area contributed by atoms with Crippen molar-refractivity contribution in [2.24, 2.45) is 0 Å². The molecule has 0 amide bonds. The highest BCUT2D eigenvalue weighted by Crippen LogP contribution is 1.96. The highest BCUT2D eigenvalue weighted by atomic mass is 32.1. The van der Waals surface area contributed by atoms with Gasteiger partial charge in [-0.3, -0.25) is 0 Å². The van der Waals surface area contributed by atoms with Gasteiger partial charge in [-0.15, -0.1) is 0 Å². The Kier molecular flexibility index (Phi) is 4.31. The molecule has 0 aliphatic rings. The van der Waals surface area contributed by atoms with E-state index in [9.17, 15) is 0 Å². The van der Waals surface area contributed by atoms with Gasteiger partial charge in [0.15, 0.2) is 0 Å². The summed E-state index contributed by atoms with van der Waals surface area (Å²) in [5.74, 6) is 11.7. The van der Waals surface area contributed by atoms with E-state index in [-0.39, 0.29) is 0 Å². The summed E-state index contributed by atoms with van der Waals surface area (Å²) in [4.78, 5) is 0.461. The van der Waals surface area contributed by atoms with E-state index in [0.29, 0.717) is 4.86 Å². The first-order valence-corrected chi connectivity index (χ1v) is 5.93. The molecule has 0 aliphatic heterocycles. The van der Waals surface area contributed by atoms with Gasteiger partial charge >= 0.3 is 0 Å². The molecule has 84 valence electrons. The van der Waals surface area contributed by atoms with E-state index in [0.717, 1.165) is 11.1 Å². The van der Waals surface area contributed by atoms with Gasteiger partial charge in [0.2, 0.25) is 0 Å². The Morgan fingerprint density at radius 2 is 1.06 bits per heavy atom. The third-order valence-electron chi connectivity index (χ3n) is 2.19. The molecular weight excluding hydrogens is 236 g/mol. The molecule has 0 saturated carbocycles. The van der Waals surface area contributed by atoms with Crippen LogP contribution in [0.15, 0.2) is 60.7 Å². The zero-order valence-corrected chi connectivity index (χ0v) is 10.5. The molecule has 0 aromatic heterocycles. The topological polar surface area (TPSA) is 0 Å². The van der Waals surface area contributed by atoms with Crippen molar-refractivity contribution in [3.05, 3.63) is 71.8 Å². The average Bonchev–Trinajstić information content (AvgIpc) is 2.45. The third kappa shape index (κ3) is 3.91. The van der Waals surface area contributed by atoms with Crippen molar-refractivity contribution in [1.29, 1.82) is 0 Å². The molecule has 2 aromatic rings. The molecule has 0 atom stereocenters. The minimum absolute atomic E-state index is 0.461. The molecule has 18 heavy (non-hydrogen) atoms. The van der Waals surface area contributed by atoms with E-state index in [1.54, 1.807) is 0 Å². The quantitative estimate of drug-likeness (QED) is 0.507. The van der Waals surface area contributed by atoms with Crippen LogP contribution in [0.4, 0.5) is 0 Å². The maximum atomic E-state index is 5.11. The van der Waals surface area contributed by atoms with Gasteiger partial charge in [-0.05, 0) is 36.1 Å². The van der Waals surface area contributed by atoms with Gasteiger partial charge in [0, 0.05) is 11.1 Å². The summed E-state index contributed by atoms with van der Waals surface area (Å²) in [6, 6.07) is 19.5. The lowest BCUT2D eigenvalue weighted by atomic mass is 10.2. The van der Waals surface area contributed by atoms with Crippen molar-refractivity contribution in [2.75, 3.05) is 0 Å². The van der Waals surface area contributed by atoms with E-state index in [1.165, 1.54) is 0 Å². The molecule has 0 saturated heterocycles. The highest BCUT2D eigenvalue weighted by molar-refractivity contribution is 7.81. The van der Waals surface area contributed by atoms with Crippen LogP contribution in [0, 0.1) is 23.7 Å². The molecule has 0 spiro atoms. The summed E-state index contributed by atoms with van der Waals surface area (Å²) in [6.45, 7) is 0. The van der Waals surface area contributed by atoms with Crippen molar-refractivity contribution in [3.8, 4) is 23.7 Å². The lowest BCUT2D eigenvalue weighted by molar-refractivity contribution is 1.65. The molecule has 0 radical (unpaired) electrons. The summed E-state index contributed by atoms with van der Waals surface area (Å²) in [6.07, 6.45) is 0. The fourth-order valence-electron chi connectivity index (χ4n) is 1.33. The second-order valence-electron chi connectivity index (χ2n) is 3.56. The predicted molar refractivity (Wildman–Crippen MR) is 79.2 cm³/mol. The third-order valence-corrected chi connectivity index (χ3v) is 2.39. The summed E-state index contributed by atoms with van der Waals surface area (Å²) < 4.78 is 0. The van der Waals surface area contributed by atoms with Crippen molar-refractivity contribution < 1.29 is 0 Å². The SMILES string of the molecule is S=C(C#Cc1ccccc1)C#Cc1ccccc1. The van der Waals surface area contributed by atoms with E-state index in [1.807, 2.05) is 60.7 Å². The molecule has 0 aliphatic carbocycles. The Morgan fingerprint density at radius 3 is 1.44 bits per heavy atom. The van der Waals surface area contributed by atoms with Crippen molar-refractivity contribution in [2.45, 2.75) is 0 Å². The van der Waals surface area contributed by atoms with Crippen LogP contribution >= 0.6 is 12.2 Å². The largest absolute Gasteiger partial charge is 0.138 e. The lowest BCUT2D eigenvalue weighted by Crippen LogP contribution is -1.84. The van der Waals surface area contributed by atoms with Crippen LogP contribution in [0.3, 0.4) is 0 Å². The number of hydrogen-bond donors (Lipinski definition) is 0. The Bertz CT molecular complexity index is 587. The molecule has 0 fully saturated rings. The van der Waals surface area contributed by atoms with Crippen molar-refractivity contribution in [1.82, 2.24) is 0 Å². The average molecular weight is 246 g/mol. The van der Waals surface area contributed by atoms with Gasteiger partial charge in [0.25, 0.3) is 0 Å². The van der Waals surface area contributed by atoms with Crippen LogP contribution in [0.1, 0.15) is 11.1 Å². The van der Waals surface area contributed by atoms with Crippen LogP contribution in [0.25, 0.3) is 0 Å². The Hall–Kier alpha value is -2.35. The number of rotatable bonds is 0. The Labute approximate surface area is 113 Å². The zero-order chi connectivity index (χ0) is 12.6. The molecule has 1 heteroatoms. The smallest absolute Gasteiger partial charge is 0.0622 e. The minimum Gasteiger partial charge on any atom is -0.0622 e. The fourth-order valence-corrected chi connectivity index (χ4v) is 1.43. The van der Waals surface area contributed by atoms with Crippen LogP contribution in [-0.4, -0.2) is 4.86 Å². The summed E-state index contributed by atoms with van der Waals surface area (Å²) in [7, 11) is 0. The summed E-state index contributed by atoms with van der Waals surface area (Å²) in [5, 5.41) is 0. The molecule has 0 bridgehead atoms. The normalized spacial score (nSPS) is 8.44. The molecule has 2 aromatic carbocycles. The number of hydrogen-bond acceptors (Lipinski definition) is 1. The predicted octanol–water partition coefficient (Wildman–Crippen LogP) is 3.46. The summed E-state index contributed by atoms with van der Waals surface area (Å²) in [5.41, 5.74) is 1.89. The monoisotopic (exact) mass is 246 g/mol. The highest BCUT2D eigenvalue weighted by Gasteiger charge is 1.85. The standard InChI is InChI=1S/C17H10S/c18-17(13-11-15-7-3-1-4-8-15)14-12-16-9-5-2-6-10-16/h1-10H. The van der Waals surface area contributed by atoms with Gasteiger partial charge in [0.05, 0.1) is 0 Å². The van der Waals surface area contributed by atoms with Gasteiger partial charge in [-0.2, -0.15) is 0 Å². The van der Waals surface area contributed by atoms with Gasteiger partial charge in [0.1, 0.15) is 4.86 Å². The molecule has 0 unspecified atom stereocenters. The first-order valence-electron chi connectivity index (χ1n) is 5.53. The van der Waals surface area contributed by atoms with Gasteiger partial charge < -0.3 is 0 Å². The van der Waals surface area contributed by atoms with E-state index >= 15 is 0 Å². The van der Waals surface area contributed by atoms with E-state index in [2.05, 4.69) is 23.7 Å². The fraction of sp³-hybridized carbons (Fsp3) is 0. The molecule has 2 rings (SSSR count). The molecule has 0 heterocycles. The van der Waals surface area contributed by atoms with Crippen LogP contribution in [0.5, 0.6) is 0 Å². The number of benzene rings is 2. The molecule has 0 nitrogen and oxygen atoms in total. The molecular formula is C17H10S. The Morgan fingerprint density at radius 1 is 0.667 bits per heavy atom. The van der Waals surface area contributed by atoms with E-state index in [4.69, 9.17) is 12.2 Å². The first-order chi connectivity index (χ1) is 8.84. The Balaban J connectivity index is 2.07. The second-order valence-corrected chi connectivity index (χ2v) is 3.97. The lowest BCUT2D eigenvalue weighted by Gasteiger charge is -1.86. The van der Waals surface area contributed by atoms with Crippen LogP contribution in [-0.2, 0) is 0 Å². The maximum absolute atomic E-state index is 5.11. The number of thiocarbonyl (C=S) groups is 1. The second kappa shape index (κ2) is 6.40. The first kappa shape index (κ1) is 12.1. The zero-order valence-electron chi connectivity index (χ0n) is 9.68. The van der Waals surface area contributed by atoms with Crippen LogP contribution < -0.4 is 0 Å². The van der Waals surface area contributed by atoms with Crippen molar-refractivity contribution in [3.63, 3.8) is 0 Å². The van der Waals surface area contributed by atoms with E-state index < -0.39 is 0 Å². The van der Waals surface area contributed by atoms with Gasteiger partial charge in [-0.1, -0.05) is 60.5 Å². The van der Waals surface area contributed by atoms with Crippen molar-refractivity contribution >= 4 is 17.1 Å². The molecule has 0 N–H and O–H groups in total.